The summed E-state index contributed by atoms with van der Waals surface area (Å²) in [7, 11) is 0. The molecule has 0 aliphatic carbocycles. The Bertz CT molecular complexity index is 367. The summed E-state index contributed by atoms with van der Waals surface area (Å²) in [6.45, 7) is 6.46. The second-order valence-corrected chi connectivity index (χ2v) is 4.65. The topological polar surface area (TPSA) is 85.5 Å². The number of hydrogen-bond donors (Lipinski definition) is 1. The average molecular weight is 260 g/mol. The molecule has 0 saturated heterocycles. The van der Waals surface area contributed by atoms with Crippen LogP contribution in [0.5, 0.6) is 0 Å². The second-order valence-electron chi connectivity index (χ2n) is 3.72. The maximum Gasteiger partial charge on any atom is 0.314 e. The third-order valence-electron chi connectivity index (χ3n) is 1.95. The van der Waals surface area contributed by atoms with E-state index in [2.05, 4.69) is 10.1 Å². The maximum atomic E-state index is 10.4. The quantitative estimate of drug-likeness (QED) is 0.750. The van der Waals surface area contributed by atoms with Gasteiger partial charge in [0.2, 0.25) is 5.82 Å². The molecule has 1 unspecified atom stereocenters. The monoisotopic (exact) mass is 260 g/mol. The Morgan fingerprint density at radius 2 is 2.29 bits per heavy atom. The summed E-state index contributed by atoms with van der Waals surface area (Å²) in [6, 6.07) is 0. The molecule has 0 aliphatic rings. The molecule has 7 heteroatoms. The first kappa shape index (κ1) is 14.0. The standard InChI is InChI=1S/C10H16N2O4S/c1-4-15-8(6(2)3)9-11-10(16-12-9)17-5-7(13)14/h6,8H,4-5H2,1-3H3,(H,13,14). The lowest BCUT2D eigenvalue weighted by atomic mass is 10.1. The van der Waals surface area contributed by atoms with Crippen molar-refractivity contribution in [2.75, 3.05) is 12.4 Å². The molecule has 17 heavy (non-hydrogen) atoms. The number of carbonyl (C=O) groups is 1. The summed E-state index contributed by atoms with van der Waals surface area (Å²) < 4.78 is 10.5. The van der Waals surface area contributed by atoms with Crippen molar-refractivity contribution in [2.24, 2.45) is 5.92 Å². The van der Waals surface area contributed by atoms with Gasteiger partial charge in [0.15, 0.2) is 0 Å². The molecule has 0 radical (unpaired) electrons. The Balaban J connectivity index is 2.67. The van der Waals surface area contributed by atoms with E-state index in [0.717, 1.165) is 11.8 Å². The van der Waals surface area contributed by atoms with Gasteiger partial charge in [0, 0.05) is 6.61 Å². The zero-order valence-corrected chi connectivity index (χ0v) is 10.9. The molecule has 0 saturated carbocycles. The molecule has 1 aromatic rings. The van der Waals surface area contributed by atoms with Crippen LogP contribution in [0.1, 0.15) is 32.7 Å². The molecule has 96 valence electrons. The summed E-state index contributed by atoms with van der Waals surface area (Å²) in [6.07, 6.45) is -0.220. The molecule has 1 rings (SSSR count). The van der Waals surface area contributed by atoms with Gasteiger partial charge in [-0.05, 0) is 12.8 Å². The Hall–Kier alpha value is -1.08. The van der Waals surface area contributed by atoms with Gasteiger partial charge in [-0.1, -0.05) is 30.8 Å². The van der Waals surface area contributed by atoms with Gasteiger partial charge in [-0.15, -0.1) is 0 Å². The molecule has 0 aromatic carbocycles. The molecule has 0 bridgehead atoms. The van der Waals surface area contributed by atoms with Crippen molar-refractivity contribution in [3.05, 3.63) is 5.82 Å². The lowest BCUT2D eigenvalue weighted by Crippen LogP contribution is -2.12. The largest absolute Gasteiger partial charge is 0.481 e. The molecular formula is C10H16N2O4S. The van der Waals surface area contributed by atoms with Gasteiger partial charge in [0.05, 0.1) is 0 Å². The number of ether oxygens (including phenoxy) is 1. The molecule has 0 amide bonds. The summed E-state index contributed by atoms with van der Waals surface area (Å²) in [4.78, 5) is 14.5. The predicted octanol–water partition coefficient (Wildman–Crippen LogP) is 1.98. The van der Waals surface area contributed by atoms with E-state index < -0.39 is 5.97 Å². The van der Waals surface area contributed by atoms with Crippen LogP contribution in [-0.4, -0.2) is 33.6 Å². The van der Waals surface area contributed by atoms with Gasteiger partial charge in [-0.25, -0.2) is 0 Å². The minimum absolute atomic E-state index is 0.0946. The summed E-state index contributed by atoms with van der Waals surface area (Å²) in [5.41, 5.74) is 0. The van der Waals surface area contributed by atoms with Crippen molar-refractivity contribution in [1.29, 1.82) is 0 Å². The Morgan fingerprint density at radius 1 is 1.59 bits per heavy atom. The van der Waals surface area contributed by atoms with Crippen molar-refractivity contribution in [3.63, 3.8) is 0 Å². The normalized spacial score (nSPS) is 12.9. The van der Waals surface area contributed by atoms with E-state index in [9.17, 15) is 4.79 Å². The lowest BCUT2D eigenvalue weighted by Gasteiger charge is -2.16. The molecule has 0 fully saturated rings. The van der Waals surface area contributed by atoms with Crippen LogP contribution in [0.3, 0.4) is 0 Å². The third-order valence-corrected chi connectivity index (χ3v) is 2.75. The van der Waals surface area contributed by atoms with E-state index in [-0.39, 0.29) is 23.0 Å². The highest BCUT2D eigenvalue weighted by Gasteiger charge is 2.22. The maximum absolute atomic E-state index is 10.4. The van der Waals surface area contributed by atoms with Crippen molar-refractivity contribution >= 4 is 17.7 Å². The van der Waals surface area contributed by atoms with Crippen LogP contribution in [0.25, 0.3) is 0 Å². The van der Waals surface area contributed by atoms with E-state index in [1.54, 1.807) is 0 Å². The van der Waals surface area contributed by atoms with Crippen LogP contribution < -0.4 is 0 Å². The van der Waals surface area contributed by atoms with Crippen molar-refractivity contribution in [2.45, 2.75) is 32.1 Å². The van der Waals surface area contributed by atoms with Gasteiger partial charge in [0.25, 0.3) is 5.22 Å². The summed E-state index contributed by atoms with van der Waals surface area (Å²) >= 11 is 1.00. The third kappa shape index (κ3) is 4.35. The van der Waals surface area contributed by atoms with Gasteiger partial charge in [0.1, 0.15) is 11.9 Å². The number of hydrogen-bond acceptors (Lipinski definition) is 6. The molecule has 1 N–H and O–H groups in total. The fourth-order valence-corrected chi connectivity index (χ4v) is 1.76. The Labute approximate surface area is 104 Å². The van der Waals surface area contributed by atoms with E-state index in [1.165, 1.54) is 0 Å². The number of thioether (sulfide) groups is 1. The van der Waals surface area contributed by atoms with Crippen LogP contribution in [0.15, 0.2) is 9.75 Å². The number of carboxylic acids is 1. The van der Waals surface area contributed by atoms with Crippen LogP contribution in [-0.2, 0) is 9.53 Å². The first-order valence-corrected chi connectivity index (χ1v) is 6.33. The highest BCUT2D eigenvalue weighted by atomic mass is 32.2. The molecule has 0 spiro atoms. The number of rotatable bonds is 7. The van der Waals surface area contributed by atoms with Crippen molar-refractivity contribution < 1.29 is 19.2 Å². The predicted molar refractivity (Wildman–Crippen MR) is 61.9 cm³/mol. The fourth-order valence-electron chi connectivity index (χ4n) is 1.26. The molecule has 0 aliphatic heterocycles. The molecule has 1 heterocycles. The highest BCUT2D eigenvalue weighted by molar-refractivity contribution is 7.99. The van der Waals surface area contributed by atoms with Gasteiger partial charge < -0.3 is 14.4 Å². The van der Waals surface area contributed by atoms with Crippen LogP contribution in [0, 0.1) is 5.92 Å². The first-order valence-electron chi connectivity index (χ1n) is 5.34. The zero-order valence-electron chi connectivity index (χ0n) is 10.0. The van der Waals surface area contributed by atoms with Gasteiger partial charge in [-0.3, -0.25) is 4.79 Å². The van der Waals surface area contributed by atoms with Crippen LogP contribution >= 0.6 is 11.8 Å². The zero-order chi connectivity index (χ0) is 12.8. The number of aromatic nitrogens is 2. The minimum atomic E-state index is -0.917. The number of aliphatic carboxylic acids is 1. The second kappa shape index (κ2) is 6.61. The lowest BCUT2D eigenvalue weighted by molar-refractivity contribution is -0.133. The molecule has 1 atom stereocenters. The molecular weight excluding hydrogens is 244 g/mol. The van der Waals surface area contributed by atoms with Crippen LogP contribution in [0.4, 0.5) is 0 Å². The summed E-state index contributed by atoms with van der Waals surface area (Å²) in [5, 5.41) is 12.6. The fraction of sp³-hybridized carbons (Fsp3) is 0.700. The Kier molecular flexibility index (Phi) is 5.43. The van der Waals surface area contributed by atoms with Crippen molar-refractivity contribution in [3.8, 4) is 0 Å². The average Bonchev–Trinajstić information content (AvgIpc) is 2.71. The van der Waals surface area contributed by atoms with E-state index in [1.807, 2.05) is 20.8 Å². The Morgan fingerprint density at radius 3 is 2.82 bits per heavy atom. The van der Waals surface area contributed by atoms with Crippen LogP contribution in [0.2, 0.25) is 0 Å². The molecule has 1 aromatic heterocycles. The highest BCUT2D eigenvalue weighted by Crippen LogP contribution is 2.25. The SMILES string of the molecule is CCOC(c1noc(SCC(=O)O)n1)C(C)C. The summed E-state index contributed by atoms with van der Waals surface area (Å²) in [5.74, 6) is -0.317. The van der Waals surface area contributed by atoms with E-state index >= 15 is 0 Å². The van der Waals surface area contributed by atoms with Gasteiger partial charge in [-0.2, -0.15) is 4.98 Å². The van der Waals surface area contributed by atoms with E-state index in [4.69, 9.17) is 14.4 Å². The number of nitrogens with zero attached hydrogens (tertiary/aromatic N) is 2. The van der Waals surface area contributed by atoms with Crippen molar-refractivity contribution in [1.82, 2.24) is 10.1 Å². The smallest absolute Gasteiger partial charge is 0.314 e. The minimum Gasteiger partial charge on any atom is -0.481 e. The number of carboxylic acid groups (broad SMARTS) is 1. The molecule has 6 nitrogen and oxygen atoms in total. The van der Waals surface area contributed by atoms with E-state index in [0.29, 0.717) is 12.4 Å². The van der Waals surface area contributed by atoms with Gasteiger partial charge >= 0.3 is 5.97 Å². The first-order chi connectivity index (χ1) is 8.04.